The van der Waals surface area contributed by atoms with Gasteiger partial charge in [-0.05, 0) is 44.2 Å². The Labute approximate surface area is 191 Å². The van der Waals surface area contributed by atoms with Gasteiger partial charge in [-0.3, -0.25) is 9.59 Å². The van der Waals surface area contributed by atoms with Gasteiger partial charge in [-0.25, -0.2) is 4.98 Å². The number of hydrogen-bond acceptors (Lipinski definition) is 3. The number of halogens is 2. The van der Waals surface area contributed by atoms with Crippen LogP contribution in [0.4, 0.5) is 0 Å². The van der Waals surface area contributed by atoms with Crippen molar-refractivity contribution in [3.63, 3.8) is 0 Å². The number of pyridine rings is 1. The molecule has 8 heteroatoms. The number of rotatable bonds is 3. The summed E-state index contributed by atoms with van der Waals surface area (Å²) in [5.74, 6) is 0.571. The summed E-state index contributed by atoms with van der Waals surface area (Å²) in [5.41, 5.74) is 2.84. The van der Waals surface area contributed by atoms with E-state index in [-0.39, 0.29) is 16.8 Å². The highest BCUT2D eigenvalue weighted by Crippen LogP contribution is 2.27. The van der Waals surface area contributed by atoms with Gasteiger partial charge in [-0.15, -0.1) is 0 Å². The lowest BCUT2D eigenvalue weighted by atomic mass is 10.1. The number of carbonyl (C=O) groups is 2. The van der Waals surface area contributed by atoms with Crippen LogP contribution in [0.1, 0.15) is 32.1 Å². The second-order valence-corrected chi connectivity index (χ2v) is 8.28. The minimum atomic E-state index is -0.173. The third-order valence-electron chi connectivity index (χ3n) is 5.58. The SMILES string of the molecule is Cc1cc(C(=O)N2CCN(C(=O)c3cccc(Cl)c3Cl)CC2)c(C)n1-c1ccccn1. The Bertz CT molecular complexity index is 1140. The molecule has 6 nitrogen and oxygen atoms in total. The predicted molar refractivity (Wildman–Crippen MR) is 121 cm³/mol. The standard InChI is InChI=1S/C23H22Cl2N4O2/c1-15-14-18(16(2)29(15)20-8-3-4-9-26-20)23(31)28-12-10-27(11-13-28)22(30)17-6-5-7-19(24)21(17)25/h3-9,14H,10-13H2,1-2H3. The second-order valence-electron chi connectivity index (χ2n) is 7.49. The van der Waals surface area contributed by atoms with E-state index in [2.05, 4.69) is 4.98 Å². The van der Waals surface area contributed by atoms with Crippen LogP contribution in [-0.4, -0.2) is 57.3 Å². The van der Waals surface area contributed by atoms with E-state index in [0.717, 1.165) is 17.2 Å². The molecule has 1 aliphatic rings. The molecule has 0 N–H and O–H groups in total. The molecule has 1 fully saturated rings. The molecule has 1 aromatic carbocycles. The molecule has 0 unspecified atom stereocenters. The van der Waals surface area contributed by atoms with Gasteiger partial charge in [0, 0.05) is 43.8 Å². The van der Waals surface area contributed by atoms with Crippen LogP contribution < -0.4 is 0 Å². The number of carbonyl (C=O) groups excluding carboxylic acids is 2. The monoisotopic (exact) mass is 456 g/mol. The highest BCUT2D eigenvalue weighted by molar-refractivity contribution is 6.43. The maximum absolute atomic E-state index is 13.2. The fourth-order valence-corrected chi connectivity index (χ4v) is 4.32. The number of aryl methyl sites for hydroxylation is 1. The van der Waals surface area contributed by atoms with Gasteiger partial charge in [0.05, 0.1) is 21.2 Å². The number of nitrogens with zero attached hydrogens (tertiary/aromatic N) is 4. The van der Waals surface area contributed by atoms with Gasteiger partial charge in [0.15, 0.2) is 0 Å². The van der Waals surface area contributed by atoms with E-state index in [1.807, 2.05) is 42.7 Å². The van der Waals surface area contributed by atoms with Gasteiger partial charge in [0.1, 0.15) is 5.82 Å². The lowest BCUT2D eigenvalue weighted by Gasteiger charge is -2.35. The third kappa shape index (κ3) is 4.05. The van der Waals surface area contributed by atoms with Crippen LogP contribution in [-0.2, 0) is 0 Å². The van der Waals surface area contributed by atoms with Gasteiger partial charge in [-0.1, -0.05) is 35.3 Å². The average Bonchev–Trinajstić information content (AvgIpc) is 3.09. The molecule has 0 radical (unpaired) electrons. The Morgan fingerprint density at radius 1 is 0.871 bits per heavy atom. The zero-order valence-corrected chi connectivity index (χ0v) is 18.8. The second kappa shape index (κ2) is 8.73. The van der Waals surface area contributed by atoms with E-state index >= 15 is 0 Å². The average molecular weight is 457 g/mol. The molecule has 0 spiro atoms. The summed E-state index contributed by atoms with van der Waals surface area (Å²) in [6.45, 7) is 5.67. The molecule has 2 amide bonds. The van der Waals surface area contributed by atoms with Gasteiger partial charge >= 0.3 is 0 Å². The maximum Gasteiger partial charge on any atom is 0.255 e. The fraction of sp³-hybridized carbons (Fsp3) is 0.261. The van der Waals surface area contributed by atoms with E-state index in [1.165, 1.54) is 0 Å². The normalized spacial score (nSPS) is 14.1. The minimum absolute atomic E-state index is 0.0387. The lowest BCUT2D eigenvalue weighted by molar-refractivity contribution is 0.0535. The molecule has 160 valence electrons. The van der Waals surface area contributed by atoms with Crippen molar-refractivity contribution in [2.45, 2.75) is 13.8 Å². The largest absolute Gasteiger partial charge is 0.335 e. The van der Waals surface area contributed by atoms with Crippen LogP contribution in [0.15, 0.2) is 48.7 Å². The van der Waals surface area contributed by atoms with Gasteiger partial charge in [-0.2, -0.15) is 0 Å². The summed E-state index contributed by atoms with van der Waals surface area (Å²) < 4.78 is 1.98. The van der Waals surface area contributed by atoms with Gasteiger partial charge < -0.3 is 14.4 Å². The number of hydrogen-bond donors (Lipinski definition) is 0. The van der Waals surface area contributed by atoms with E-state index in [1.54, 1.807) is 34.2 Å². The molecule has 0 bridgehead atoms. The molecular weight excluding hydrogens is 435 g/mol. The third-order valence-corrected chi connectivity index (χ3v) is 6.39. The Hall–Kier alpha value is -2.83. The minimum Gasteiger partial charge on any atom is -0.335 e. The summed E-state index contributed by atoms with van der Waals surface area (Å²) >= 11 is 12.2. The van der Waals surface area contributed by atoms with Crippen LogP contribution >= 0.6 is 23.2 Å². The van der Waals surface area contributed by atoms with Crippen molar-refractivity contribution < 1.29 is 9.59 Å². The fourth-order valence-electron chi connectivity index (χ4n) is 3.94. The summed E-state index contributed by atoms with van der Waals surface area (Å²) in [7, 11) is 0. The van der Waals surface area contributed by atoms with Crippen molar-refractivity contribution in [2.24, 2.45) is 0 Å². The van der Waals surface area contributed by atoms with E-state index in [0.29, 0.717) is 42.3 Å². The van der Waals surface area contributed by atoms with Crippen molar-refractivity contribution in [3.8, 4) is 5.82 Å². The van der Waals surface area contributed by atoms with Crippen LogP contribution in [0, 0.1) is 13.8 Å². The molecular formula is C23H22Cl2N4O2. The molecule has 3 aromatic rings. The quantitative estimate of drug-likeness (QED) is 0.586. The Morgan fingerprint density at radius 2 is 1.52 bits per heavy atom. The van der Waals surface area contributed by atoms with Crippen molar-refractivity contribution in [2.75, 3.05) is 26.2 Å². The smallest absolute Gasteiger partial charge is 0.255 e. The number of piperazine rings is 1. The molecule has 2 aromatic heterocycles. The first-order valence-electron chi connectivity index (χ1n) is 10.0. The molecule has 0 saturated carbocycles. The molecule has 1 aliphatic heterocycles. The zero-order chi connectivity index (χ0) is 22.1. The molecule has 0 atom stereocenters. The van der Waals surface area contributed by atoms with Crippen LogP contribution in [0.3, 0.4) is 0 Å². The maximum atomic E-state index is 13.2. The summed E-state index contributed by atoms with van der Waals surface area (Å²) in [6, 6.07) is 12.6. The Kier molecular flexibility index (Phi) is 6.03. The summed E-state index contributed by atoms with van der Waals surface area (Å²) in [4.78, 5) is 34.0. The summed E-state index contributed by atoms with van der Waals surface area (Å²) in [5, 5.41) is 0.610. The molecule has 0 aliphatic carbocycles. The van der Waals surface area contributed by atoms with Crippen LogP contribution in [0.2, 0.25) is 10.0 Å². The van der Waals surface area contributed by atoms with E-state index < -0.39 is 0 Å². The van der Waals surface area contributed by atoms with Crippen LogP contribution in [0.5, 0.6) is 0 Å². The highest BCUT2D eigenvalue weighted by Gasteiger charge is 2.28. The summed E-state index contributed by atoms with van der Waals surface area (Å²) in [6.07, 6.45) is 1.73. The predicted octanol–water partition coefficient (Wildman–Crippen LogP) is 4.39. The van der Waals surface area contributed by atoms with Crippen LogP contribution in [0.25, 0.3) is 5.82 Å². The number of amides is 2. The first kappa shape index (κ1) is 21.4. The first-order chi connectivity index (χ1) is 14.9. The Balaban J connectivity index is 1.48. The molecule has 31 heavy (non-hydrogen) atoms. The van der Waals surface area contributed by atoms with E-state index in [9.17, 15) is 9.59 Å². The first-order valence-corrected chi connectivity index (χ1v) is 10.8. The molecule has 1 saturated heterocycles. The van der Waals surface area contributed by atoms with Crippen molar-refractivity contribution >= 4 is 35.0 Å². The zero-order valence-electron chi connectivity index (χ0n) is 17.3. The Morgan fingerprint density at radius 3 is 2.13 bits per heavy atom. The lowest BCUT2D eigenvalue weighted by Crippen LogP contribution is -2.50. The van der Waals surface area contributed by atoms with Crippen molar-refractivity contribution in [1.29, 1.82) is 0 Å². The molecule has 4 rings (SSSR count). The van der Waals surface area contributed by atoms with Gasteiger partial charge in [0.25, 0.3) is 11.8 Å². The van der Waals surface area contributed by atoms with E-state index in [4.69, 9.17) is 23.2 Å². The van der Waals surface area contributed by atoms with Gasteiger partial charge in [0.2, 0.25) is 0 Å². The number of benzene rings is 1. The topological polar surface area (TPSA) is 58.4 Å². The van der Waals surface area contributed by atoms with Crippen molar-refractivity contribution in [3.05, 3.63) is 81.2 Å². The van der Waals surface area contributed by atoms with Crippen molar-refractivity contribution in [1.82, 2.24) is 19.4 Å². The number of aromatic nitrogens is 2. The molecule has 3 heterocycles. The highest BCUT2D eigenvalue weighted by atomic mass is 35.5.